The quantitative estimate of drug-likeness (QED) is 0.588. The van der Waals surface area contributed by atoms with E-state index in [1.807, 2.05) is 24.3 Å². The Morgan fingerprint density at radius 3 is 2.67 bits per heavy atom. The largest absolute Gasteiger partial charge is 0.468 e. The molecule has 0 bridgehead atoms. The van der Waals surface area contributed by atoms with Crippen molar-refractivity contribution in [1.82, 2.24) is 0 Å². The number of esters is 1. The highest BCUT2D eigenvalue weighted by atomic mass is 35.5. The van der Waals surface area contributed by atoms with Crippen molar-refractivity contribution in [3.05, 3.63) is 34.9 Å². The van der Waals surface area contributed by atoms with Gasteiger partial charge in [-0.1, -0.05) is 23.7 Å². The van der Waals surface area contributed by atoms with Crippen molar-refractivity contribution in [1.29, 1.82) is 0 Å². The maximum absolute atomic E-state index is 11.4. The SMILES string of the molecule is COC(=O)C(CCCc1cccc(Cl)c1)C(C)=O. The van der Waals surface area contributed by atoms with Crippen molar-refractivity contribution in [2.75, 3.05) is 7.11 Å². The minimum atomic E-state index is -0.644. The monoisotopic (exact) mass is 268 g/mol. The molecule has 0 spiro atoms. The van der Waals surface area contributed by atoms with Crippen LogP contribution in [0.5, 0.6) is 0 Å². The molecule has 0 saturated heterocycles. The highest BCUT2D eigenvalue weighted by Crippen LogP contribution is 2.16. The number of halogens is 1. The number of carbonyl (C=O) groups excluding carboxylic acids is 2. The van der Waals surface area contributed by atoms with Gasteiger partial charge >= 0.3 is 5.97 Å². The lowest BCUT2D eigenvalue weighted by atomic mass is 9.96. The molecular weight excluding hydrogens is 252 g/mol. The minimum absolute atomic E-state index is 0.145. The second kappa shape index (κ2) is 7.17. The van der Waals surface area contributed by atoms with E-state index in [0.29, 0.717) is 11.4 Å². The number of benzene rings is 1. The number of hydrogen-bond donors (Lipinski definition) is 0. The molecule has 1 aromatic carbocycles. The van der Waals surface area contributed by atoms with Crippen molar-refractivity contribution in [2.24, 2.45) is 5.92 Å². The Morgan fingerprint density at radius 1 is 1.39 bits per heavy atom. The molecular formula is C14H17ClO3. The fourth-order valence-corrected chi connectivity index (χ4v) is 2.05. The summed E-state index contributed by atoms with van der Waals surface area (Å²) < 4.78 is 4.61. The van der Waals surface area contributed by atoms with E-state index in [4.69, 9.17) is 11.6 Å². The normalized spacial score (nSPS) is 11.9. The van der Waals surface area contributed by atoms with Crippen LogP contribution >= 0.6 is 11.6 Å². The highest BCUT2D eigenvalue weighted by Gasteiger charge is 2.23. The Bertz CT molecular complexity index is 429. The molecule has 0 aromatic heterocycles. The van der Waals surface area contributed by atoms with Crippen LogP contribution in [0.25, 0.3) is 0 Å². The van der Waals surface area contributed by atoms with Crippen LogP contribution in [0, 0.1) is 5.92 Å². The van der Waals surface area contributed by atoms with Crippen LogP contribution in [0.3, 0.4) is 0 Å². The van der Waals surface area contributed by atoms with E-state index in [9.17, 15) is 9.59 Å². The molecule has 0 radical (unpaired) electrons. The van der Waals surface area contributed by atoms with E-state index in [1.165, 1.54) is 14.0 Å². The van der Waals surface area contributed by atoms with Gasteiger partial charge < -0.3 is 4.74 Å². The fourth-order valence-electron chi connectivity index (χ4n) is 1.83. The first-order valence-corrected chi connectivity index (χ1v) is 6.25. The summed E-state index contributed by atoms with van der Waals surface area (Å²) in [5.74, 6) is -1.24. The van der Waals surface area contributed by atoms with Gasteiger partial charge in [0.1, 0.15) is 11.7 Å². The van der Waals surface area contributed by atoms with Gasteiger partial charge in [0.2, 0.25) is 0 Å². The molecule has 4 heteroatoms. The maximum atomic E-state index is 11.4. The van der Waals surface area contributed by atoms with E-state index in [0.717, 1.165) is 18.4 Å². The minimum Gasteiger partial charge on any atom is -0.468 e. The Balaban J connectivity index is 2.49. The lowest BCUT2D eigenvalue weighted by Gasteiger charge is -2.11. The second-order valence-electron chi connectivity index (χ2n) is 4.21. The Labute approximate surface area is 112 Å². The van der Waals surface area contributed by atoms with Crippen molar-refractivity contribution in [3.63, 3.8) is 0 Å². The molecule has 0 aliphatic rings. The summed E-state index contributed by atoms with van der Waals surface area (Å²) in [6.45, 7) is 1.42. The Hall–Kier alpha value is -1.35. The lowest BCUT2D eigenvalue weighted by Crippen LogP contribution is -2.23. The number of rotatable bonds is 6. The van der Waals surface area contributed by atoms with E-state index in [2.05, 4.69) is 4.74 Å². The Morgan fingerprint density at radius 2 is 2.11 bits per heavy atom. The van der Waals surface area contributed by atoms with Gasteiger partial charge in [0.25, 0.3) is 0 Å². The van der Waals surface area contributed by atoms with Crippen LogP contribution < -0.4 is 0 Å². The summed E-state index contributed by atoms with van der Waals surface area (Å²) in [5.41, 5.74) is 1.11. The molecule has 0 heterocycles. The average molecular weight is 269 g/mol. The van der Waals surface area contributed by atoms with E-state index in [1.54, 1.807) is 0 Å². The van der Waals surface area contributed by atoms with Crippen LogP contribution in [-0.2, 0) is 20.7 Å². The van der Waals surface area contributed by atoms with Gasteiger partial charge in [-0.3, -0.25) is 9.59 Å². The van der Waals surface area contributed by atoms with Gasteiger partial charge in [-0.2, -0.15) is 0 Å². The molecule has 0 N–H and O–H groups in total. The third-order valence-corrected chi connectivity index (χ3v) is 3.06. The average Bonchev–Trinajstić information content (AvgIpc) is 2.33. The van der Waals surface area contributed by atoms with Crippen molar-refractivity contribution in [3.8, 4) is 0 Å². The number of ketones is 1. The smallest absolute Gasteiger partial charge is 0.316 e. The molecule has 1 rings (SSSR count). The molecule has 0 amide bonds. The number of ether oxygens (including phenoxy) is 1. The van der Waals surface area contributed by atoms with Crippen LogP contribution in [0.2, 0.25) is 5.02 Å². The molecule has 1 aromatic rings. The van der Waals surface area contributed by atoms with Crippen LogP contribution in [0.1, 0.15) is 25.3 Å². The van der Waals surface area contributed by atoms with E-state index in [-0.39, 0.29) is 5.78 Å². The molecule has 0 aliphatic heterocycles. The van der Waals surface area contributed by atoms with Crippen LogP contribution in [0.15, 0.2) is 24.3 Å². The van der Waals surface area contributed by atoms with Crippen molar-refractivity contribution >= 4 is 23.4 Å². The second-order valence-corrected chi connectivity index (χ2v) is 4.64. The van der Waals surface area contributed by atoms with Crippen molar-refractivity contribution < 1.29 is 14.3 Å². The van der Waals surface area contributed by atoms with Gasteiger partial charge in [-0.05, 0) is 43.9 Å². The summed E-state index contributed by atoms with van der Waals surface area (Å²) in [4.78, 5) is 22.7. The Kier molecular flexibility index (Phi) is 5.86. The lowest BCUT2D eigenvalue weighted by molar-refractivity contribution is -0.149. The third-order valence-electron chi connectivity index (χ3n) is 2.82. The number of carbonyl (C=O) groups is 2. The molecule has 18 heavy (non-hydrogen) atoms. The molecule has 3 nitrogen and oxygen atoms in total. The summed E-state index contributed by atoms with van der Waals surface area (Å²) >= 11 is 5.88. The zero-order chi connectivity index (χ0) is 13.5. The molecule has 0 fully saturated rings. The predicted molar refractivity (Wildman–Crippen MR) is 70.6 cm³/mol. The predicted octanol–water partition coefficient (Wildman–Crippen LogP) is 3.04. The topological polar surface area (TPSA) is 43.4 Å². The molecule has 0 aliphatic carbocycles. The molecule has 1 unspecified atom stereocenters. The number of aryl methyl sites for hydroxylation is 1. The standard InChI is InChI=1S/C14H17ClO3/c1-10(16)13(14(17)18-2)8-4-6-11-5-3-7-12(15)9-11/h3,5,7,9,13H,4,6,8H2,1-2H3. The zero-order valence-corrected chi connectivity index (χ0v) is 11.4. The first kappa shape index (κ1) is 14.7. The third kappa shape index (κ3) is 4.49. The van der Waals surface area contributed by atoms with E-state index < -0.39 is 11.9 Å². The first-order valence-electron chi connectivity index (χ1n) is 5.87. The summed E-state index contributed by atoms with van der Waals surface area (Å²) in [6.07, 6.45) is 2.05. The van der Waals surface area contributed by atoms with Gasteiger partial charge in [0, 0.05) is 5.02 Å². The number of Topliss-reactive ketones (excluding diaryl/α,β-unsaturated/α-hetero) is 1. The first-order chi connectivity index (χ1) is 8.54. The highest BCUT2D eigenvalue weighted by molar-refractivity contribution is 6.30. The number of hydrogen-bond acceptors (Lipinski definition) is 3. The summed E-state index contributed by atoms with van der Waals surface area (Å²) in [6, 6.07) is 7.58. The van der Waals surface area contributed by atoms with Gasteiger partial charge in [-0.25, -0.2) is 0 Å². The number of methoxy groups -OCH3 is 1. The van der Waals surface area contributed by atoms with Crippen LogP contribution in [-0.4, -0.2) is 18.9 Å². The summed E-state index contributed by atoms with van der Waals surface area (Å²) in [5, 5.41) is 0.698. The zero-order valence-electron chi connectivity index (χ0n) is 10.6. The molecule has 98 valence electrons. The van der Waals surface area contributed by atoms with Crippen molar-refractivity contribution in [2.45, 2.75) is 26.2 Å². The van der Waals surface area contributed by atoms with Gasteiger partial charge in [0.15, 0.2) is 0 Å². The van der Waals surface area contributed by atoms with Gasteiger partial charge in [-0.15, -0.1) is 0 Å². The van der Waals surface area contributed by atoms with Gasteiger partial charge in [0.05, 0.1) is 7.11 Å². The maximum Gasteiger partial charge on any atom is 0.316 e. The van der Waals surface area contributed by atoms with E-state index >= 15 is 0 Å². The van der Waals surface area contributed by atoms with Crippen LogP contribution in [0.4, 0.5) is 0 Å². The fraction of sp³-hybridized carbons (Fsp3) is 0.429. The molecule has 1 atom stereocenters. The summed E-state index contributed by atoms with van der Waals surface area (Å²) in [7, 11) is 1.30. The molecule has 0 saturated carbocycles.